The van der Waals surface area contributed by atoms with Crippen molar-refractivity contribution in [3.8, 4) is 0 Å². The van der Waals surface area contributed by atoms with Gasteiger partial charge in [0, 0.05) is 12.0 Å². The number of halogens is 5. The Bertz CT molecular complexity index is 893. The van der Waals surface area contributed by atoms with Gasteiger partial charge in [-0.3, -0.25) is 14.4 Å². The smallest absolute Gasteiger partial charge is 0.306 e. The first kappa shape index (κ1) is 22.4. The number of hydrogen-bond donors (Lipinski definition) is 1. The van der Waals surface area contributed by atoms with E-state index in [0.29, 0.717) is 0 Å². The number of hydrogen-bond acceptors (Lipinski definition) is 4. The molecule has 0 unspecified atom stereocenters. The molecular weight excluding hydrogens is 455 g/mol. The van der Waals surface area contributed by atoms with Gasteiger partial charge < -0.3 is 10.1 Å². The molecule has 0 saturated heterocycles. The second-order valence-electron chi connectivity index (χ2n) is 5.48. The molecule has 148 valence electrons. The van der Waals surface area contributed by atoms with Gasteiger partial charge in [-0.15, -0.1) is 0 Å². The number of rotatable bonds is 7. The van der Waals surface area contributed by atoms with E-state index in [1.54, 1.807) is 0 Å². The number of amides is 1. The van der Waals surface area contributed by atoms with Gasteiger partial charge in [-0.1, -0.05) is 46.4 Å². The molecule has 0 fully saturated rings. The Morgan fingerprint density at radius 1 is 0.929 bits per heavy atom. The van der Waals surface area contributed by atoms with E-state index in [9.17, 15) is 18.8 Å². The van der Waals surface area contributed by atoms with Gasteiger partial charge in [-0.2, -0.15) is 0 Å². The van der Waals surface area contributed by atoms with Crippen LogP contribution in [-0.4, -0.2) is 24.3 Å². The predicted molar refractivity (Wildman–Crippen MR) is 106 cm³/mol. The van der Waals surface area contributed by atoms with Crippen LogP contribution in [0.3, 0.4) is 0 Å². The topological polar surface area (TPSA) is 72.5 Å². The lowest BCUT2D eigenvalue weighted by Crippen LogP contribution is -2.21. The van der Waals surface area contributed by atoms with E-state index < -0.39 is 24.3 Å². The zero-order valence-electron chi connectivity index (χ0n) is 14.0. The molecule has 0 atom stereocenters. The molecule has 0 aliphatic carbocycles. The van der Waals surface area contributed by atoms with Crippen molar-refractivity contribution >= 4 is 69.8 Å². The van der Waals surface area contributed by atoms with E-state index in [0.717, 1.165) is 12.1 Å². The van der Waals surface area contributed by atoms with Gasteiger partial charge in [0.25, 0.3) is 5.91 Å². The highest BCUT2D eigenvalue weighted by atomic mass is 35.5. The first-order valence-electron chi connectivity index (χ1n) is 7.76. The number of ketones is 1. The summed E-state index contributed by atoms with van der Waals surface area (Å²) >= 11 is 23.7. The molecule has 5 nitrogen and oxygen atoms in total. The predicted octanol–water partition coefficient (Wildman–Crippen LogP) is 5.58. The normalized spacial score (nSPS) is 10.5. The molecule has 2 aromatic rings. The monoisotopic (exact) mass is 465 g/mol. The van der Waals surface area contributed by atoms with E-state index in [1.165, 1.54) is 18.2 Å². The van der Waals surface area contributed by atoms with Crippen LogP contribution in [0.4, 0.5) is 10.1 Å². The zero-order chi connectivity index (χ0) is 20.8. The number of anilines is 1. The van der Waals surface area contributed by atoms with Crippen LogP contribution in [0.15, 0.2) is 30.3 Å². The van der Waals surface area contributed by atoms with Crippen LogP contribution in [0, 0.1) is 5.82 Å². The van der Waals surface area contributed by atoms with Crippen molar-refractivity contribution in [2.75, 3.05) is 11.9 Å². The average Bonchev–Trinajstić information content (AvgIpc) is 2.66. The van der Waals surface area contributed by atoms with Crippen molar-refractivity contribution in [1.29, 1.82) is 0 Å². The molecule has 2 rings (SSSR count). The minimum atomic E-state index is -0.757. The summed E-state index contributed by atoms with van der Waals surface area (Å²) in [5, 5.41) is 2.51. The Balaban J connectivity index is 1.84. The van der Waals surface area contributed by atoms with Crippen LogP contribution in [-0.2, 0) is 14.3 Å². The van der Waals surface area contributed by atoms with Gasteiger partial charge in [-0.25, -0.2) is 4.39 Å². The van der Waals surface area contributed by atoms with Crippen LogP contribution < -0.4 is 5.32 Å². The summed E-state index contributed by atoms with van der Waals surface area (Å²) in [6.45, 7) is -0.625. The summed E-state index contributed by atoms with van der Waals surface area (Å²) in [4.78, 5) is 35.6. The molecule has 2 aromatic carbocycles. The molecule has 1 amide bonds. The lowest BCUT2D eigenvalue weighted by molar-refractivity contribution is -0.147. The summed E-state index contributed by atoms with van der Waals surface area (Å²) < 4.78 is 17.6. The molecule has 0 aliphatic rings. The highest BCUT2D eigenvalue weighted by Crippen LogP contribution is 2.40. The molecule has 0 saturated carbocycles. The minimum Gasteiger partial charge on any atom is -0.456 e. The van der Waals surface area contributed by atoms with E-state index in [1.807, 2.05) is 0 Å². The van der Waals surface area contributed by atoms with Crippen molar-refractivity contribution < 1.29 is 23.5 Å². The lowest BCUT2D eigenvalue weighted by atomic mass is 10.1. The SMILES string of the molecule is O=C(COC(=O)CCC(=O)c1ccc(F)cc1)Nc1c(Cl)c(Cl)cc(Cl)c1Cl. The second kappa shape index (κ2) is 10.1. The molecule has 0 spiro atoms. The van der Waals surface area contributed by atoms with E-state index in [4.69, 9.17) is 51.1 Å². The third-order valence-electron chi connectivity index (χ3n) is 3.46. The van der Waals surface area contributed by atoms with Crippen molar-refractivity contribution in [3.05, 3.63) is 61.8 Å². The van der Waals surface area contributed by atoms with Crippen LogP contribution in [0.1, 0.15) is 23.2 Å². The quantitative estimate of drug-likeness (QED) is 0.328. The van der Waals surface area contributed by atoms with E-state index in [2.05, 4.69) is 5.32 Å². The fraction of sp³-hybridized carbons (Fsp3) is 0.167. The summed E-state index contributed by atoms with van der Waals surface area (Å²) in [6.07, 6.45) is -0.387. The third kappa shape index (κ3) is 6.07. The van der Waals surface area contributed by atoms with Gasteiger partial charge in [0.2, 0.25) is 0 Å². The van der Waals surface area contributed by atoms with Crippen molar-refractivity contribution in [2.45, 2.75) is 12.8 Å². The van der Waals surface area contributed by atoms with Crippen LogP contribution in [0.5, 0.6) is 0 Å². The summed E-state index contributed by atoms with van der Waals surface area (Å²) in [7, 11) is 0. The van der Waals surface area contributed by atoms with Gasteiger partial charge in [-0.05, 0) is 30.3 Å². The van der Waals surface area contributed by atoms with Gasteiger partial charge in [0.05, 0.1) is 32.2 Å². The van der Waals surface area contributed by atoms with E-state index >= 15 is 0 Å². The highest BCUT2D eigenvalue weighted by molar-refractivity contribution is 6.50. The molecule has 0 aliphatic heterocycles. The molecular formula is C18H12Cl4FNO4. The molecule has 28 heavy (non-hydrogen) atoms. The number of ether oxygens (including phenoxy) is 1. The largest absolute Gasteiger partial charge is 0.456 e. The molecule has 0 radical (unpaired) electrons. The first-order valence-corrected chi connectivity index (χ1v) is 9.27. The Morgan fingerprint density at radius 2 is 1.50 bits per heavy atom. The highest BCUT2D eigenvalue weighted by Gasteiger charge is 2.17. The molecule has 0 aromatic heterocycles. The fourth-order valence-corrected chi connectivity index (χ4v) is 2.98. The number of carbonyl (C=O) groups excluding carboxylic acids is 3. The number of carbonyl (C=O) groups is 3. The average molecular weight is 467 g/mol. The molecule has 10 heteroatoms. The Morgan fingerprint density at radius 3 is 2.07 bits per heavy atom. The van der Waals surface area contributed by atoms with Crippen molar-refractivity contribution in [3.63, 3.8) is 0 Å². The van der Waals surface area contributed by atoms with Crippen molar-refractivity contribution in [1.82, 2.24) is 0 Å². The van der Waals surface area contributed by atoms with Crippen LogP contribution in [0.25, 0.3) is 0 Å². The second-order valence-corrected chi connectivity index (χ2v) is 7.05. The zero-order valence-corrected chi connectivity index (χ0v) is 17.1. The van der Waals surface area contributed by atoms with Crippen LogP contribution >= 0.6 is 46.4 Å². The standard InChI is InChI=1S/C18H12Cl4FNO4/c19-11-7-12(20)17(22)18(16(11)21)24-14(26)8-28-15(27)6-5-13(25)9-1-3-10(23)4-2-9/h1-4,7H,5-6,8H2,(H,24,26). The van der Waals surface area contributed by atoms with Gasteiger partial charge in [0.15, 0.2) is 12.4 Å². The molecule has 0 heterocycles. The van der Waals surface area contributed by atoms with E-state index in [-0.39, 0.29) is 50.0 Å². The van der Waals surface area contributed by atoms with Gasteiger partial charge in [0.1, 0.15) is 5.82 Å². The Labute approximate surface area is 179 Å². The number of benzene rings is 2. The number of nitrogens with one attached hydrogen (secondary N) is 1. The number of esters is 1. The van der Waals surface area contributed by atoms with Gasteiger partial charge >= 0.3 is 5.97 Å². The summed E-state index contributed by atoms with van der Waals surface area (Å²) in [5.41, 5.74) is 0.266. The maximum absolute atomic E-state index is 12.8. The Kier molecular flexibility index (Phi) is 8.07. The molecule has 1 N–H and O–H groups in total. The first-order chi connectivity index (χ1) is 13.2. The Hall–Kier alpha value is -1.86. The fourth-order valence-electron chi connectivity index (χ4n) is 2.07. The summed E-state index contributed by atoms with van der Waals surface area (Å²) in [5.74, 6) is -2.30. The maximum Gasteiger partial charge on any atom is 0.306 e. The minimum absolute atomic E-state index is 0.00614. The maximum atomic E-state index is 12.8. The number of Topliss-reactive ketones (excluding diaryl/α,β-unsaturated/α-hetero) is 1. The van der Waals surface area contributed by atoms with Crippen molar-refractivity contribution in [2.24, 2.45) is 0 Å². The lowest BCUT2D eigenvalue weighted by Gasteiger charge is -2.12. The third-order valence-corrected chi connectivity index (χ3v) is 5.04. The van der Waals surface area contributed by atoms with Crippen LogP contribution in [0.2, 0.25) is 20.1 Å². The summed E-state index contributed by atoms with van der Waals surface area (Å²) in [6, 6.07) is 6.25. The molecule has 0 bridgehead atoms.